The van der Waals surface area contributed by atoms with Gasteiger partial charge in [0.1, 0.15) is 12.3 Å². The van der Waals surface area contributed by atoms with Gasteiger partial charge in [0.05, 0.1) is 12.0 Å². The zero-order valence-corrected chi connectivity index (χ0v) is 8.41. The van der Waals surface area contributed by atoms with Gasteiger partial charge >= 0.3 is 7.60 Å². The van der Waals surface area contributed by atoms with Crippen LogP contribution in [-0.2, 0) is 9.36 Å². The fraction of sp³-hybridized carbons (Fsp3) is 0.571. The molecule has 0 aliphatic carbocycles. The molecule has 1 fully saturated rings. The molecule has 1 aliphatic heterocycles. The van der Waals surface area contributed by atoms with Crippen molar-refractivity contribution in [3.05, 3.63) is 11.9 Å². The van der Waals surface area contributed by atoms with Gasteiger partial charge in [-0.2, -0.15) is 0 Å². The minimum Gasteiger partial charge on any atom is -0.370 e. The first-order valence-corrected chi connectivity index (χ1v) is 6.01. The van der Waals surface area contributed by atoms with Gasteiger partial charge in [-0.25, -0.2) is 0 Å². The predicted molar refractivity (Wildman–Crippen MR) is 50.6 cm³/mol. The molecule has 0 aromatic rings. The van der Waals surface area contributed by atoms with Crippen molar-refractivity contribution >= 4 is 13.9 Å². The summed E-state index contributed by atoms with van der Waals surface area (Å²) in [4.78, 5) is 27.5. The topological polar surface area (TPSA) is 98.7 Å². The number of hydrogen-bond acceptors (Lipinski definition) is 4. The van der Waals surface area contributed by atoms with Crippen molar-refractivity contribution in [1.29, 1.82) is 0 Å². The summed E-state index contributed by atoms with van der Waals surface area (Å²) in [6.07, 6.45) is 2.54. The van der Waals surface area contributed by atoms with E-state index in [4.69, 9.17) is 9.79 Å². The van der Waals surface area contributed by atoms with E-state index >= 15 is 0 Å². The molecule has 1 aliphatic rings. The maximum Gasteiger partial charge on any atom is 0.325 e. The third kappa shape index (κ3) is 3.91. The molecular weight excluding hydrogens is 207 g/mol. The number of aldehydes is 1. The molecule has 1 heterocycles. The summed E-state index contributed by atoms with van der Waals surface area (Å²) in [6.45, 7) is 0.519. The first-order chi connectivity index (χ1) is 6.51. The van der Waals surface area contributed by atoms with Crippen molar-refractivity contribution in [3.8, 4) is 0 Å². The van der Waals surface area contributed by atoms with Crippen molar-refractivity contribution in [2.75, 3.05) is 12.7 Å². The third-order valence-corrected chi connectivity index (χ3v) is 2.63. The molecule has 7 heteroatoms. The van der Waals surface area contributed by atoms with E-state index < -0.39 is 7.60 Å². The van der Waals surface area contributed by atoms with Crippen LogP contribution in [0.4, 0.5) is 0 Å². The minimum absolute atomic E-state index is 0.175. The van der Waals surface area contributed by atoms with Gasteiger partial charge in [0.15, 0.2) is 0 Å². The SMILES string of the molecule is O=CC1CNC(=CCCP(=O)(O)O)N1. The Kier molecular flexibility index (Phi) is 3.69. The van der Waals surface area contributed by atoms with E-state index in [1.807, 2.05) is 0 Å². The average molecular weight is 220 g/mol. The molecule has 0 amide bonds. The number of nitrogens with one attached hydrogen (secondary N) is 2. The highest BCUT2D eigenvalue weighted by atomic mass is 31.2. The van der Waals surface area contributed by atoms with Crippen LogP contribution in [0.2, 0.25) is 0 Å². The maximum absolute atomic E-state index is 10.5. The molecular formula is C7H13N2O4P. The first-order valence-electron chi connectivity index (χ1n) is 4.22. The molecule has 1 atom stereocenters. The van der Waals surface area contributed by atoms with Gasteiger partial charge in [0.25, 0.3) is 0 Å². The second-order valence-corrected chi connectivity index (χ2v) is 4.84. The Morgan fingerprint density at radius 3 is 2.79 bits per heavy atom. The van der Waals surface area contributed by atoms with Crippen LogP contribution >= 0.6 is 7.60 Å². The Balaban J connectivity index is 2.33. The van der Waals surface area contributed by atoms with Gasteiger partial charge in [-0.1, -0.05) is 0 Å². The second kappa shape index (κ2) is 4.59. The lowest BCUT2D eigenvalue weighted by Crippen LogP contribution is -2.23. The normalized spacial score (nSPS) is 24.4. The Labute approximate surface area is 81.5 Å². The lowest BCUT2D eigenvalue weighted by atomic mass is 10.4. The summed E-state index contributed by atoms with van der Waals surface area (Å²) in [5, 5.41) is 5.77. The molecule has 1 unspecified atom stereocenters. The van der Waals surface area contributed by atoms with Crippen LogP contribution in [0.1, 0.15) is 6.42 Å². The highest BCUT2D eigenvalue weighted by Crippen LogP contribution is 2.34. The second-order valence-electron chi connectivity index (χ2n) is 3.06. The molecule has 4 N–H and O–H groups in total. The third-order valence-electron chi connectivity index (χ3n) is 1.79. The van der Waals surface area contributed by atoms with E-state index in [0.29, 0.717) is 12.4 Å². The highest BCUT2D eigenvalue weighted by Gasteiger charge is 2.16. The maximum atomic E-state index is 10.5. The number of carbonyl (C=O) groups excluding carboxylic acids is 1. The van der Waals surface area contributed by atoms with Gasteiger partial charge in [0, 0.05) is 6.54 Å². The van der Waals surface area contributed by atoms with Crippen LogP contribution in [0, 0.1) is 0 Å². The molecule has 0 spiro atoms. The van der Waals surface area contributed by atoms with Gasteiger partial charge in [0.2, 0.25) is 0 Å². The zero-order valence-electron chi connectivity index (χ0n) is 7.51. The Morgan fingerprint density at radius 2 is 2.29 bits per heavy atom. The molecule has 1 saturated heterocycles. The fourth-order valence-electron chi connectivity index (χ4n) is 1.11. The smallest absolute Gasteiger partial charge is 0.325 e. The first kappa shape index (κ1) is 11.2. The largest absolute Gasteiger partial charge is 0.370 e. The van der Waals surface area contributed by atoms with E-state index in [2.05, 4.69) is 10.6 Å². The summed E-state index contributed by atoms with van der Waals surface area (Å²) in [6, 6.07) is -0.240. The van der Waals surface area contributed by atoms with E-state index in [9.17, 15) is 9.36 Å². The minimum atomic E-state index is -3.91. The lowest BCUT2D eigenvalue weighted by Gasteiger charge is -2.02. The van der Waals surface area contributed by atoms with Crippen molar-refractivity contribution < 1.29 is 19.1 Å². The molecule has 0 radical (unpaired) electrons. The number of carbonyl (C=O) groups is 1. The Hall–Kier alpha value is -0.840. The van der Waals surface area contributed by atoms with Crippen LogP contribution in [0.3, 0.4) is 0 Å². The molecule has 0 aromatic carbocycles. The summed E-state index contributed by atoms with van der Waals surface area (Å²) >= 11 is 0. The van der Waals surface area contributed by atoms with Crippen molar-refractivity contribution in [1.82, 2.24) is 10.6 Å². The summed E-state index contributed by atoms with van der Waals surface area (Å²) < 4.78 is 10.5. The van der Waals surface area contributed by atoms with Gasteiger partial charge in [-0.05, 0) is 12.5 Å². The molecule has 80 valence electrons. The monoisotopic (exact) mass is 220 g/mol. The van der Waals surface area contributed by atoms with E-state index in [0.717, 1.165) is 6.29 Å². The van der Waals surface area contributed by atoms with Crippen LogP contribution in [0.25, 0.3) is 0 Å². The lowest BCUT2D eigenvalue weighted by molar-refractivity contribution is -0.108. The van der Waals surface area contributed by atoms with Crippen LogP contribution in [0.15, 0.2) is 11.9 Å². The standard InChI is InChI=1S/C7H13N2O4P/c10-5-6-4-8-7(9-6)2-1-3-14(11,12)13/h2,5-6,8-9H,1,3-4H2,(H2,11,12,13). The van der Waals surface area contributed by atoms with Gasteiger partial charge < -0.3 is 25.2 Å². The Bertz CT molecular complexity index is 285. The predicted octanol–water partition coefficient (Wildman–Crippen LogP) is -0.844. The van der Waals surface area contributed by atoms with Crippen molar-refractivity contribution in [2.24, 2.45) is 0 Å². The van der Waals surface area contributed by atoms with Crippen LogP contribution in [0.5, 0.6) is 0 Å². The fourth-order valence-corrected chi connectivity index (χ4v) is 1.58. The molecule has 14 heavy (non-hydrogen) atoms. The van der Waals surface area contributed by atoms with Gasteiger partial charge in [-0.3, -0.25) is 4.57 Å². The van der Waals surface area contributed by atoms with Gasteiger partial charge in [-0.15, -0.1) is 0 Å². The highest BCUT2D eigenvalue weighted by molar-refractivity contribution is 7.51. The summed E-state index contributed by atoms with van der Waals surface area (Å²) in [5.41, 5.74) is 0. The van der Waals surface area contributed by atoms with E-state index in [-0.39, 0.29) is 18.6 Å². The van der Waals surface area contributed by atoms with Crippen molar-refractivity contribution in [3.63, 3.8) is 0 Å². The number of rotatable bonds is 4. The molecule has 0 saturated carbocycles. The molecule has 1 rings (SSSR count). The quantitative estimate of drug-likeness (QED) is 0.364. The molecule has 0 bridgehead atoms. The number of hydrogen-bond donors (Lipinski definition) is 4. The van der Waals surface area contributed by atoms with Crippen molar-refractivity contribution in [2.45, 2.75) is 12.5 Å². The Morgan fingerprint density at radius 1 is 1.57 bits per heavy atom. The number of allylic oxidation sites excluding steroid dienone is 1. The summed E-state index contributed by atoms with van der Waals surface area (Å²) in [7, 11) is -3.91. The van der Waals surface area contributed by atoms with E-state index in [1.165, 1.54) is 0 Å². The van der Waals surface area contributed by atoms with Crippen LogP contribution < -0.4 is 10.6 Å². The van der Waals surface area contributed by atoms with Crippen LogP contribution in [-0.4, -0.2) is 34.8 Å². The van der Waals surface area contributed by atoms with E-state index in [1.54, 1.807) is 6.08 Å². The molecule has 6 nitrogen and oxygen atoms in total. The average Bonchev–Trinajstić information content (AvgIpc) is 2.50. The summed E-state index contributed by atoms with van der Waals surface area (Å²) in [5.74, 6) is 0.663. The zero-order chi connectivity index (χ0) is 10.6. The molecule has 0 aromatic heterocycles.